The van der Waals surface area contributed by atoms with Gasteiger partial charge in [-0.2, -0.15) is 9.94 Å². The van der Waals surface area contributed by atoms with Gasteiger partial charge in [0.2, 0.25) is 5.82 Å². The highest BCUT2D eigenvalue weighted by Gasteiger charge is 2.14. The van der Waals surface area contributed by atoms with E-state index in [0.29, 0.717) is 11.3 Å². The summed E-state index contributed by atoms with van der Waals surface area (Å²) in [5.74, 6) is -0.753. The number of rotatable bonds is 2. The van der Waals surface area contributed by atoms with Gasteiger partial charge in [-0.15, -0.1) is 5.10 Å². The van der Waals surface area contributed by atoms with Gasteiger partial charge in [0.25, 0.3) is 5.91 Å². The number of aryl methyl sites for hydroxylation is 1. The van der Waals surface area contributed by atoms with E-state index in [1.165, 1.54) is 4.68 Å². The molecule has 0 aliphatic rings. The lowest BCUT2D eigenvalue weighted by molar-refractivity contribution is 0.0988. The summed E-state index contributed by atoms with van der Waals surface area (Å²) < 4.78 is 1.25. The molecule has 0 atom stereocenters. The van der Waals surface area contributed by atoms with Gasteiger partial charge in [0.1, 0.15) is 0 Å². The van der Waals surface area contributed by atoms with Gasteiger partial charge < -0.3 is 5.73 Å². The average molecular weight is 228 g/mol. The summed E-state index contributed by atoms with van der Waals surface area (Å²) in [5, 5.41) is 19.4. The number of carbonyl (C=O) groups excluding carboxylic acids is 1. The highest BCUT2D eigenvalue weighted by atomic mass is 16.1. The maximum atomic E-state index is 11.1. The summed E-state index contributed by atoms with van der Waals surface area (Å²) >= 11 is 0. The zero-order valence-corrected chi connectivity index (χ0v) is 8.95. The molecule has 0 saturated heterocycles. The molecular formula is C10H8N6O. The summed E-state index contributed by atoms with van der Waals surface area (Å²) in [7, 11) is 0. The van der Waals surface area contributed by atoms with E-state index in [4.69, 9.17) is 11.0 Å². The van der Waals surface area contributed by atoms with Crippen LogP contribution in [0.15, 0.2) is 18.2 Å². The molecule has 0 saturated carbocycles. The number of nitrogens with two attached hydrogens (primary N) is 1. The fourth-order valence-electron chi connectivity index (χ4n) is 1.47. The standard InChI is InChI=1S/C10H8N6O/c1-6-4-7(5-11)2-3-8(6)16-10(9(12)17)13-14-15-16/h2-4H,1H3,(H2,12,17). The topological polar surface area (TPSA) is 110 Å². The van der Waals surface area contributed by atoms with Gasteiger partial charge in [0.05, 0.1) is 17.3 Å². The van der Waals surface area contributed by atoms with E-state index in [0.717, 1.165) is 5.56 Å². The van der Waals surface area contributed by atoms with Gasteiger partial charge in [0, 0.05) is 0 Å². The second-order valence-corrected chi connectivity index (χ2v) is 3.39. The number of nitriles is 1. The number of benzene rings is 1. The van der Waals surface area contributed by atoms with Crippen LogP contribution >= 0.6 is 0 Å². The van der Waals surface area contributed by atoms with Crippen LogP contribution in [0.1, 0.15) is 21.7 Å². The van der Waals surface area contributed by atoms with Gasteiger partial charge in [0.15, 0.2) is 0 Å². The van der Waals surface area contributed by atoms with Crippen LogP contribution in [0, 0.1) is 18.3 Å². The highest BCUT2D eigenvalue weighted by molar-refractivity contribution is 5.89. The van der Waals surface area contributed by atoms with Crippen molar-refractivity contribution in [3.8, 4) is 11.8 Å². The van der Waals surface area contributed by atoms with Crippen LogP contribution in [0.4, 0.5) is 0 Å². The Morgan fingerprint density at radius 1 is 1.53 bits per heavy atom. The number of hydrogen-bond acceptors (Lipinski definition) is 5. The minimum atomic E-state index is -0.709. The third-order valence-corrected chi connectivity index (χ3v) is 2.24. The fraction of sp³-hybridized carbons (Fsp3) is 0.100. The Bertz CT molecular complexity index is 624. The molecule has 0 bridgehead atoms. The molecule has 84 valence electrons. The molecule has 17 heavy (non-hydrogen) atoms. The molecule has 0 aliphatic carbocycles. The SMILES string of the molecule is Cc1cc(C#N)ccc1-n1nnnc1C(N)=O. The number of carbonyl (C=O) groups is 1. The predicted octanol–water partition coefficient (Wildman–Crippen LogP) is -0.0587. The Hall–Kier alpha value is -2.75. The lowest BCUT2D eigenvalue weighted by Gasteiger charge is -2.05. The Morgan fingerprint density at radius 2 is 2.29 bits per heavy atom. The number of hydrogen-bond donors (Lipinski definition) is 1. The summed E-state index contributed by atoms with van der Waals surface area (Å²) in [6.07, 6.45) is 0. The largest absolute Gasteiger partial charge is 0.363 e. The van der Waals surface area contributed by atoms with Crippen LogP contribution in [-0.2, 0) is 0 Å². The average Bonchev–Trinajstić information content (AvgIpc) is 2.77. The van der Waals surface area contributed by atoms with Crippen molar-refractivity contribution in [3.63, 3.8) is 0 Å². The second-order valence-electron chi connectivity index (χ2n) is 3.39. The molecule has 1 aromatic heterocycles. The quantitative estimate of drug-likeness (QED) is 0.774. The molecule has 0 fully saturated rings. The Labute approximate surface area is 96.5 Å². The van der Waals surface area contributed by atoms with Crippen LogP contribution in [0.2, 0.25) is 0 Å². The molecule has 0 aliphatic heterocycles. The maximum Gasteiger partial charge on any atom is 0.288 e. The van der Waals surface area contributed by atoms with Gasteiger partial charge >= 0.3 is 0 Å². The van der Waals surface area contributed by atoms with Crippen LogP contribution in [0.5, 0.6) is 0 Å². The van der Waals surface area contributed by atoms with Crippen LogP contribution in [0.25, 0.3) is 5.69 Å². The normalized spacial score (nSPS) is 9.88. The first-order chi connectivity index (χ1) is 8.13. The number of tetrazole rings is 1. The molecule has 2 N–H and O–H groups in total. The smallest absolute Gasteiger partial charge is 0.288 e. The van der Waals surface area contributed by atoms with Crippen molar-refractivity contribution in [1.82, 2.24) is 20.2 Å². The molecule has 7 nitrogen and oxygen atoms in total. The Morgan fingerprint density at radius 3 is 2.88 bits per heavy atom. The van der Waals surface area contributed by atoms with Crippen LogP contribution in [0.3, 0.4) is 0 Å². The zero-order chi connectivity index (χ0) is 12.4. The molecule has 0 spiro atoms. The molecule has 1 aromatic carbocycles. The van der Waals surface area contributed by atoms with E-state index in [9.17, 15) is 4.79 Å². The Kier molecular flexibility index (Phi) is 2.54. The number of primary amides is 1. The first-order valence-electron chi connectivity index (χ1n) is 4.73. The molecule has 0 radical (unpaired) electrons. The van der Waals surface area contributed by atoms with Gasteiger partial charge in [-0.3, -0.25) is 4.79 Å². The van der Waals surface area contributed by atoms with Gasteiger partial charge in [-0.05, 0) is 41.1 Å². The Balaban J connectivity index is 2.58. The highest BCUT2D eigenvalue weighted by Crippen LogP contribution is 2.15. The van der Waals surface area contributed by atoms with E-state index in [1.54, 1.807) is 25.1 Å². The first-order valence-corrected chi connectivity index (χ1v) is 4.73. The van der Waals surface area contributed by atoms with Crippen molar-refractivity contribution in [2.75, 3.05) is 0 Å². The van der Waals surface area contributed by atoms with E-state index < -0.39 is 5.91 Å². The molecule has 0 unspecified atom stereocenters. The maximum absolute atomic E-state index is 11.1. The third kappa shape index (κ3) is 1.83. The lowest BCUT2D eigenvalue weighted by Crippen LogP contribution is -2.18. The van der Waals surface area contributed by atoms with Gasteiger partial charge in [-0.25, -0.2) is 0 Å². The predicted molar refractivity (Wildman–Crippen MR) is 57.1 cm³/mol. The van der Waals surface area contributed by atoms with Crippen LogP contribution in [-0.4, -0.2) is 26.1 Å². The second kappa shape index (κ2) is 4.02. The van der Waals surface area contributed by atoms with Crippen molar-refractivity contribution in [3.05, 3.63) is 35.2 Å². The van der Waals surface area contributed by atoms with Crippen LogP contribution < -0.4 is 5.73 Å². The minimum Gasteiger partial charge on any atom is -0.363 e. The third-order valence-electron chi connectivity index (χ3n) is 2.24. The van der Waals surface area contributed by atoms with E-state index >= 15 is 0 Å². The first kappa shape index (κ1) is 10.8. The van der Waals surface area contributed by atoms with Crippen molar-refractivity contribution < 1.29 is 4.79 Å². The van der Waals surface area contributed by atoms with Crippen molar-refractivity contribution in [2.45, 2.75) is 6.92 Å². The molecular weight excluding hydrogens is 220 g/mol. The number of amides is 1. The van der Waals surface area contributed by atoms with Crippen molar-refractivity contribution in [1.29, 1.82) is 5.26 Å². The summed E-state index contributed by atoms with van der Waals surface area (Å²) in [6.45, 7) is 1.79. The summed E-state index contributed by atoms with van der Waals surface area (Å²) in [4.78, 5) is 11.1. The molecule has 2 rings (SSSR count). The van der Waals surface area contributed by atoms with E-state index in [1.807, 2.05) is 6.07 Å². The summed E-state index contributed by atoms with van der Waals surface area (Å²) in [5.41, 5.74) is 7.07. The monoisotopic (exact) mass is 228 g/mol. The zero-order valence-electron chi connectivity index (χ0n) is 8.95. The van der Waals surface area contributed by atoms with Gasteiger partial charge in [-0.1, -0.05) is 0 Å². The number of nitrogens with zero attached hydrogens (tertiary/aromatic N) is 5. The molecule has 7 heteroatoms. The van der Waals surface area contributed by atoms with Crippen molar-refractivity contribution >= 4 is 5.91 Å². The van der Waals surface area contributed by atoms with E-state index in [2.05, 4.69) is 15.5 Å². The lowest BCUT2D eigenvalue weighted by atomic mass is 10.1. The molecule has 1 heterocycles. The molecule has 2 aromatic rings. The molecule has 1 amide bonds. The fourth-order valence-corrected chi connectivity index (χ4v) is 1.47. The minimum absolute atomic E-state index is 0.0437. The van der Waals surface area contributed by atoms with E-state index in [-0.39, 0.29) is 5.82 Å². The summed E-state index contributed by atoms with van der Waals surface area (Å²) in [6, 6.07) is 6.99. The van der Waals surface area contributed by atoms with Crippen molar-refractivity contribution in [2.24, 2.45) is 5.73 Å². The number of aromatic nitrogens is 4.